The molecule has 5 heteroatoms. The molecule has 1 saturated heterocycles. The second-order valence-corrected chi connectivity index (χ2v) is 5.67. The maximum atomic E-state index is 11.2. The van der Waals surface area contributed by atoms with Gasteiger partial charge in [0.25, 0.3) is 0 Å². The van der Waals surface area contributed by atoms with E-state index in [1.54, 1.807) is 0 Å². The molecular formula is C14H24N2O3. The number of methoxy groups -OCH3 is 1. The van der Waals surface area contributed by atoms with Gasteiger partial charge in [0.05, 0.1) is 37.7 Å². The van der Waals surface area contributed by atoms with Crippen molar-refractivity contribution in [2.24, 2.45) is 5.41 Å². The van der Waals surface area contributed by atoms with E-state index in [9.17, 15) is 4.79 Å². The first-order chi connectivity index (χ1) is 8.96. The van der Waals surface area contributed by atoms with Gasteiger partial charge >= 0.3 is 5.97 Å². The first-order valence-electron chi connectivity index (χ1n) is 6.79. The van der Waals surface area contributed by atoms with E-state index in [-0.39, 0.29) is 17.5 Å². The van der Waals surface area contributed by atoms with Crippen LogP contribution in [-0.4, -0.2) is 50.3 Å². The predicted octanol–water partition coefficient (Wildman–Crippen LogP) is 1.58. The van der Waals surface area contributed by atoms with Crippen molar-refractivity contribution in [1.82, 2.24) is 4.90 Å². The van der Waals surface area contributed by atoms with Crippen LogP contribution in [0.25, 0.3) is 0 Å². The monoisotopic (exact) mass is 268 g/mol. The molecule has 0 spiro atoms. The molecule has 0 aromatic heterocycles. The van der Waals surface area contributed by atoms with Crippen molar-refractivity contribution in [2.45, 2.75) is 39.2 Å². The Morgan fingerprint density at radius 2 is 2.32 bits per heavy atom. The van der Waals surface area contributed by atoms with Gasteiger partial charge in [-0.05, 0) is 33.2 Å². The Morgan fingerprint density at radius 1 is 1.58 bits per heavy atom. The molecule has 1 fully saturated rings. The smallest absolute Gasteiger partial charge is 0.308 e. The summed E-state index contributed by atoms with van der Waals surface area (Å²) in [5, 5.41) is 8.96. The molecule has 1 aliphatic heterocycles. The van der Waals surface area contributed by atoms with Crippen molar-refractivity contribution in [3.8, 4) is 6.07 Å². The van der Waals surface area contributed by atoms with Gasteiger partial charge in [-0.1, -0.05) is 0 Å². The third kappa shape index (κ3) is 6.04. The molecular weight excluding hydrogens is 244 g/mol. The summed E-state index contributed by atoms with van der Waals surface area (Å²) in [7, 11) is 1.40. The molecule has 0 N–H and O–H groups in total. The van der Waals surface area contributed by atoms with Crippen LogP contribution in [-0.2, 0) is 14.3 Å². The van der Waals surface area contributed by atoms with Gasteiger partial charge in [-0.25, -0.2) is 0 Å². The van der Waals surface area contributed by atoms with Crippen molar-refractivity contribution in [3.63, 3.8) is 0 Å². The fraction of sp³-hybridized carbons (Fsp3) is 0.857. The molecule has 0 bridgehead atoms. The van der Waals surface area contributed by atoms with E-state index >= 15 is 0 Å². The minimum atomic E-state index is -0.252. The highest BCUT2D eigenvalue weighted by atomic mass is 16.5. The number of esters is 1. The summed E-state index contributed by atoms with van der Waals surface area (Å²) < 4.78 is 10.2. The first kappa shape index (κ1) is 15.9. The van der Waals surface area contributed by atoms with Crippen LogP contribution in [0.2, 0.25) is 0 Å². The van der Waals surface area contributed by atoms with Crippen LogP contribution in [0.4, 0.5) is 0 Å². The van der Waals surface area contributed by atoms with E-state index in [4.69, 9.17) is 10.00 Å². The minimum absolute atomic E-state index is 0.0647. The minimum Gasteiger partial charge on any atom is -0.469 e. The lowest BCUT2D eigenvalue weighted by Gasteiger charge is -2.32. The van der Waals surface area contributed by atoms with Gasteiger partial charge in [0.2, 0.25) is 0 Å². The second kappa shape index (κ2) is 7.46. The molecule has 0 radical (unpaired) electrons. The van der Waals surface area contributed by atoms with E-state index in [0.717, 1.165) is 32.5 Å². The van der Waals surface area contributed by atoms with E-state index in [2.05, 4.69) is 15.7 Å². The molecule has 1 atom stereocenters. The highest BCUT2D eigenvalue weighted by Crippen LogP contribution is 2.21. The van der Waals surface area contributed by atoms with Gasteiger partial charge in [0.1, 0.15) is 0 Å². The molecule has 0 aromatic rings. The predicted molar refractivity (Wildman–Crippen MR) is 71.4 cm³/mol. The van der Waals surface area contributed by atoms with Gasteiger partial charge < -0.3 is 9.47 Å². The standard InChI is InChI=1S/C14H24N2O3/c1-14(2,11-15)5-4-6-16-7-8-19-12(10-16)9-13(17)18-3/h12H,4-10H2,1-3H3. The summed E-state index contributed by atoms with van der Waals surface area (Å²) in [5.74, 6) is -0.225. The average molecular weight is 268 g/mol. The molecule has 108 valence electrons. The lowest BCUT2D eigenvalue weighted by atomic mass is 9.90. The Labute approximate surface area is 115 Å². The van der Waals surface area contributed by atoms with E-state index < -0.39 is 0 Å². The Hall–Kier alpha value is -1.12. The second-order valence-electron chi connectivity index (χ2n) is 5.67. The Kier molecular flexibility index (Phi) is 6.26. The van der Waals surface area contributed by atoms with Crippen molar-refractivity contribution in [1.29, 1.82) is 5.26 Å². The molecule has 1 heterocycles. The van der Waals surface area contributed by atoms with Crippen LogP contribution in [0.3, 0.4) is 0 Å². The Bertz CT molecular complexity index is 336. The zero-order valence-electron chi connectivity index (χ0n) is 12.1. The number of hydrogen-bond donors (Lipinski definition) is 0. The van der Waals surface area contributed by atoms with Gasteiger partial charge in [0.15, 0.2) is 0 Å². The third-order valence-electron chi connectivity index (χ3n) is 3.42. The molecule has 0 aliphatic carbocycles. The number of rotatable bonds is 6. The Balaban J connectivity index is 2.28. The fourth-order valence-corrected chi connectivity index (χ4v) is 2.18. The highest BCUT2D eigenvalue weighted by molar-refractivity contribution is 5.69. The van der Waals surface area contributed by atoms with Crippen LogP contribution in [0, 0.1) is 16.7 Å². The van der Waals surface area contributed by atoms with Crippen LogP contribution in [0.15, 0.2) is 0 Å². The molecule has 0 amide bonds. The number of morpholine rings is 1. The lowest BCUT2D eigenvalue weighted by Crippen LogP contribution is -2.43. The summed E-state index contributed by atoms with van der Waals surface area (Å²) in [4.78, 5) is 13.5. The zero-order chi connectivity index (χ0) is 14.3. The van der Waals surface area contributed by atoms with Crippen LogP contribution in [0.1, 0.15) is 33.1 Å². The fourth-order valence-electron chi connectivity index (χ4n) is 2.18. The van der Waals surface area contributed by atoms with Crippen molar-refractivity contribution in [2.75, 3.05) is 33.4 Å². The topological polar surface area (TPSA) is 62.6 Å². The van der Waals surface area contributed by atoms with Crippen molar-refractivity contribution >= 4 is 5.97 Å². The summed E-state index contributed by atoms with van der Waals surface area (Å²) >= 11 is 0. The number of ether oxygens (including phenoxy) is 2. The summed E-state index contributed by atoms with van der Waals surface area (Å²) in [6.07, 6.45) is 2.13. The number of nitrogens with zero attached hydrogens (tertiary/aromatic N) is 2. The molecule has 1 aliphatic rings. The Morgan fingerprint density at radius 3 is 2.95 bits per heavy atom. The quantitative estimate of drug-likeness (QED) is 0.684. The number of carbonyl (C=O) groups is 1. The lowest BCUT2D eigenvalue weighted by molar-refractivity contribution is -0.145. The molecule has 0 saturated carbocycles. The summed E-state index contributed by atoms with van der Waals surface area (Å²) in [6, 6.07) is 2.32. The zero-order valence-corrected chi connectivity index (χ0v) is 12.1. The summed E-state index contributed by atoms with van der Waals surface area (Å²) in [6.45, 7) is 7.20. The van der Waals surface area contributed by atoms with E-state index in [1.807, 2.05) is 13.8 Å². The van der Waals surface area contributed by atoms with E-state index in [1.165, 1.54) is 7.11 Å². The van der Waals surface area contributed by atoms with Gasteiger partial charge in [-0.3, -0.25) is 9.69 Å². The van der Waals surface area contributed by atoms with Crippen LogP contribution < -0.4 is 0 Å². The molecule has 19 heavy (non-hydrogen) atoms. The van der Waals surface area contributed by atoms with Gasteiger partial charge in [-0.15, -0.1) is 0 Å². The maximum Gasteiger partial charge on any atom is 0.308 e. The maximum absolute atomic E-state index is 11.2. The molecule has 1 unspecified atom stereocenters. The number of carbonyl (C=O) groups excluding carboxylic acids is 1. The number of hydrogen-bond acceptors (Lipinski definition) is 5. The van der Waals surface area contributed by atoms with E-state index in [0.29, 0.717) is 13.0 Å². The first-order valence-corrected chi connectivity index (χ1v) is 6.79. The van der Waals surface area contributed by atoms with Gasteiger partial charge in [-0.2, -0.15) is 5.26 Å². The van der Waals surface area contributed by atoms with Crippen molar-refractivity contribution in [3.05, 3.63) is 0 Å². The number of nitriles is 1. The summed E-state index contributed by atoms with van der Waals surface area (Å²) in [5.41, 5.74) is -0.252. The average Bonchev–Trinajstić information content (AvgIpc) is 2.39. The van der Waals surface area contributed by atoms with Crippen LogP contribution in [0.5, 0.6) is 0 Å². The normalized spacial score (nSPS) is 20.8. The third-order valence-corrected chi connectivity index (χ3v) is 3.42. The van der Waals surface area contributed by atoms with Gasteiger partial charge in [0, 0.05) is 13.1 Å². The van der Waals surface area contributed by atoms with Crippen LogP contribution >= 0.6 is 0 Å². The van der Waals surface area contributed by atoms with Crippen molar-refractivity contribution < 1.29 is 14.3 Å². The molecule has 1 rings (SSSR count). The largest absolute Gasteiger partial charge is 0.469 e. The highest BCUT2D eigenvalue weighted by Gasteiger charge is 2.23. The molecule has 0 aromatic carbocycles. The molecule has 5 nitrogen and oxygen atoms in total. The SMILES string of the molecule is COC(=O)CC1CN(CCCC(C)(C)C#N)CCO1.